The largest absolute Gasteiger partial charge is 0.0591 e. The van der Waals surface area contributed by atoms with Crippen molar-refractivity contribution in [2.75, 3.05) is 0 Å². The van der Waals surface area contributed by atoms with Gasteiger partial charge in [0.15, 0.2) is 0 Å². The van der Waals surface area contributed by atoms with E-state index in [1.54, 1.807) is 12.3 Å². The predicted octanol–water partition coefficient (Wildman–Crippen LogP) is 3.04. The zero-order valence-corrected chi connectivity index (χ0v) is 7.06. The molecule has 0 nitrogen and oxygen atoms in total. The molecule has 1 radical (unpaired) electrons. The molecule has 0 saturated heterocycles. The van der Waals surface area contributed by atoms with Crippen LogP contribution in [0, 0.1) is 23.7 Å². The van der Waals surface area contributed by atoms with Gasteiger partial charge in [0.25, 0.3) is 0 Å². The Morgan fingerprint density at radius 2 is 1.90 bits per heavy atom. The summed E-state index contributed by atoms with van der Waals surface area (Å²) in [6.07, 6.45) is 6.14. The van der Waals surface area contributed by atoms with Crippen molar-refractivity contribution in [3.8, 4) is 0 Å². The lowest BCUT2D eigenvalue weighted by atomic mass is 9.81. The Balaban J connectivity index is 2.02. The monoisotopic (exact) mass is 137 g/mol. The highest BCUT2D eigenvalue weighted by atomic mass is 14.5. The summed E-state index contributed by atoms with van der Waals surface area (Å²) in [4.78, 5) is 0. The molecule has 3 atom stereocenters. The average molecular weight is 137 g/mol. The van der Waals surface area contributed by atoms with Gasteiger partial charge in [-0.15, -0.1) is 0 Å². The molecule has 2 aliphatic carbocycles. The van der Waals surface area contributed by atoms with Crippen LogP contribution in [0.25, 0.3) is 0 Å². The molecule has 0 heteroatoms. The highest BCUT2D eigenvalue weighted by molar-refractivity contribution is 5.00. The van der Waals surface area contributed by atoms with Crippen LogP contribution in [-0.4, -0.2) is 0 Å². The molecule has 2 saturated carbocycles. The van der Waals surface area contributed by atoms with Crippen molar-refractivity contribution in [1.29, 1.82) is 0 Å². The summed E-state index contributed by atoms with van der Waals surface area (Å²) < 4.78 is 0. The molecule has 0 N–H and O–H groups in total. The van der Waals surface area contributed by atoms with Gasteiger partial charge in [-0.25, -0.2) is 0 Å². The summed E-state index contributed by atoms with van der Waals surface area (Å²) in [5, 5.41) is 0. The highest BCUT2D eigenvalue weighted by Crippen LogP contribution is 2.51. The molecule has 2 rings (SSSR count). The first-order valence-corrected chi connectivity index (χ1v) is 4.57. The molecule has 10 heavy (non-hydrogen) atoms. The summed E-state index contributed by atoms with van der Waals surface area (Å²) in [6.45, 7) is 4.62. The van der Waals surface area contributed by atoms with Crippen molar-refractivity contribution >= 4 is 0 Å². The molecular formula is C10H17. The van der Waals surface area contributed by atoms with Crippen LogP contribution in [0.15, 0.2) is 0 Å². The fourth-order valence-electron chi connectivity index (χ4n) is 2.95. The third-order valence-corrected chi connectivity index (χ3v) is 3.48. The van der Waals surface area contributed by atoms with E-state index in [1.807, 2.05) is 0 Å². The Hall–Kier alpha value is 0. The summed E-state index contributed by atoms with van der Waals surface area (Å²) >= 11 is 0. The molecule has 0 aromatic rings. The van der Waals surface area contributed by atoms with Gasteiger partial charge in [-0.1, -0.05) is 20.3 Å². The van der Waals surface area contributed by atoms with E-state index in [0.29, 0.717) is 0 Å². The second kappa shape index (κ2) is 2.25. The van der Waals surface area contributed by atoms with Gasteiger partial charge in [-0.2, -0.15) is 0 Å². The quantitative estimate of drug-likeness (QED) is 0.521. The molecule has 3 unspecified atom stereocenters. The second-order valence-corrected chi connectivity index (χ2v) is 4.36. The molecule has 2 bridgehead atoms. The molecule has 0 heterocycles. The first kappa shape index (κ1) is 6.69. The third kappa shape index (κ3) is 0.889. The number of fused-ring (bicyclic) bond motifs is 2. The maximum Gasteiger partial charge on any atom is -0.0269 e. The van der Waals surface area contributed by atoms with Crippen LogP contribution in [0.2, 0.25) is 0 Å². The van der Waals surface area contributed by atoms with E-state index in [9.17, 15) is 0 Å². The molecule has 0 aromatic heterocycles. The SMILES string of the molecule is C[C](C)C1CC2CCC1C2. The Morgan fingerprint density at radius 1 is 1.10 bits per heavy atom. The van der Waals surface area contributed by atoms with Gasteiger partial charge in [-0.05, 0) is 42.9 Å². The standard InChI is InChI=1S/C10H17/c1-7(2)10-6-8-3-4-9(10)5-8/h8-10H,3-6H2,1-2H3. The number of hydrogen-bond donors (Lipinski definition) is 0. The van der Waals surface area contributed by atoms with E-state index in [2.05, 4.69) is 13.8 Å². The van der Waals surface area contributed by atoms with Crippen LogP contribution in [0.1, 0.15) is 39.5 Å². The molecule has 57 valence electrons. The van der Waals surface area contributed by atoms with E-state index >= 15 is 0 Å². The van der Waals surface area contributed by atoms with Crippen LogP contribution in [0.5, 0.6) is 0 Å². The van der Waals surface area contributed by atoms with E-state index in [-0.39, 0.29) is 0 Å². The van der Waals surface area contributed by atoms with Gasteiger partial charge in [0.1, 0.15) is 0 Å². The first-order valence-electron chi connectivity index (χ1n) is 4.57. The zero-order valence-electron chi connectivity index (χ0n) is 7.06. The van der Waals surface area contributed by atoms with Gasteiger partial charge in [0.05, 0.1) is 0 Å². The second-order valence-electron chi connectivity index (χ2n) is 4.36. The van der Waals surface area contributed by atoms with Crippen molar-refractivity contribution in [2.24, 2.45) is 17.8 Å². The topological polar surface area (TPSA) is 0 Å². The molecule has 0 aromatic carbocycles. The van der Waals surface area contributed by atoms with Crippen LogP contribution in [0.4, 0.5) is 0 Å². The average Bonchev–Trinajstić information content (AvgIpc) is 2.44. The zero-order chi connectivity index (χ0) is 7.14. The molecule has 0 amide bonds. The van der Waals surface area contributed by atoms with E-state index < -0.39 is 0 Å². The minimum Gasteiger partial charge on any atom is -0.0591 e. The van der Waals surface area contributed by atoms with Gasteiger partial charge in [0, 0.05) is 0 Å². The molecule has 2 fully saturated rings. The Morgan fingerprint density at radius 3 is 2.20 bits per heavy atom. The van der Waals surface area contributed by atoms with Crippen molar-refractivity contribution in [2.45, 2.75) is 39.5 Å². The van der Waals surface area contributed by atoms with Gasteiger partial charge in [0.2, 0.25) is 0 Å². The molecule has 0 spiro atoms. The van der Waals surface area contributed by atoms with E-state index in [1.165, 1.54) is 19.3 Å². The minimum atomic E-state index is 1.01. The lowest BCUT2D eigenvalue weighted by Crippen LogP contribution is -2.14. The smallest absolute Gasteiger partial charge is 0.0269 e. The van der Waals surface area contributed by atoms with Gasteiger partial charge in [-0.3, -0.25) is 0 Å². The summed E-state index contributed by atoms with van der Waals surface area (Å²) in [7, 11) is 0. The Bertz CT molecular complexity index is 126. The Labute approximate surface area is 64.0 Å². The number of hydrogen-bond acceptors (Lipinski definition) is 0. The fraction of sp³-hybridized carbons (Fsp3) is 0.900. The van der Waals surface area contributed by atoms with Crippen molar-refractivity contribution in [3.63, 3.8) is 0 Å². The van der Waals surface area contributed by atoms with Crippen molar-refractivity contribution in [3.05, 3.63) is 5.92 Å². The van der Waals surface area contributed by atoms with Crippen LogP contribution in [0.3, 0.4) is 0 Å². The lowest BCUT2D eigenvalue weighted by Gasteiger charge is -2.24. The maximum absolute atomic E-state index is 2.31. The number of rotatable bonds is 1. The Kier molecular flexibility index (Phi) is 1.51. The fourth-order valence-corrected chi connectivity index (χ4v) is 2.95. The normalized spacial score (nSPS) is 45.3. The summed E-state index contributed by atoms with van der Waals surface area (Å²) in [5.41, 5.74) is 0. The summed E-state index contributed by atoms with van der Waals surface area (Å²) in [5.74, 6) is 4.91. The highest BCUT2D eigenvalue weighted by Gasteiger charge is 2.40. The van der Waals surface area contributed by atoms with Gasteiger partial charge >= 0.3 is 0 Å². The first-order chi connectivity index (χ1) is 4.77. The van der Waals surface area contributed by atoms with Crippen LogP contribution >= 0.6 is 0 Å². The van der Waals surface area contributed by atoms with Crippen molar-refractivity contribution in [1.82, 2.24) is 0 Å². The van der Waals surface area contributed by atoms with E-state index in [0.717, 1.165) is 17.8 Å². The van der Waals surface area contributed by atoms with E-state index in [4.69, 9.17) is 0 Å². The molecule has 0 aliphatic heterocycles. The van der Waals surface area contributed by atoms with Gasteiger partial charge < -0.3 is 0 Å². The predicted molar refractivity (Wildman–Crippen MR) is 43.5 cm³/mol. The van der Waals surface area contributed by atoms with Crippen molar-refractivity contribution < 1.29 is 0 Å². The summed E-state index contributed by atoms with van der Waals surface area (Å²) in [6, 6.07) is 0. The van der Waals surface area contributed by atoms with Crippen LogP contribution in [-0.2, 0) is 0 Å². The third-order valence-electron chi connectivity index (χ3n) is 3.48. The minimum absolute atomic E-state index is 1.01. The molecule has 2 aliphatic rings. The molecular weight excluding hydrogens is 120 g/mol. The van der Waals surface area contributed by atoms with Crippen LogP contribution < -0.4 is 0 Å². The lowest BCUT2D eigenvalue weighted by molar-refractivity contribution is 0.347. The maximum atomic E-state index is 2.31.